The van der Waals surface area contributed by atoms with E-state index in [0.29, 0.717) is 19.3 Å². The van der Waals surface area contributed by atoms with E-state index in [1.807, 2.05) is 0 Å². The number of hydrogen-bond donors (Lipinski definition) is 0. The Balaban J connectivity index is 4.34. The van der Waals surface area contributed by atoms with Crippen molar-refractivity contribution in [2.75, 3.05) is 13.2 Å². The van der Waals surface area contributed by atoms with Gasteiger partial charge in [0.25, 0.3) is 0 Å². The fourth-order valence-corrected chi connectivity index (χ4v) is 7.44. The van der Waals surface area contributed by atoms with Crippen LogP contribution in [0, 0.1) is 0 Å². The Bertz CT molecular complexity index is 885. The van der Waals surface area contributed by atoms with Gasteiger partial charge in [-0.3, -0.25) is 14.4 Å². The molecule has 0 radical (unpaired) electrons. The van der Waals surface area contributed by atoms with E-state index in [1.54, 1.807) is 0 Å². The molecule has 0 saturated carbocycles. The molecular weight excluding hydrogens is 709 g/mol. The highest BCUT2D eigenvalue weighted by Gasteiger charge is 2.19. The molecule has 0 spiro atoms. The van der Waals surface area contributed by atoms with E-state index >= 15 is 0 Å². The number of rotatable bonds is 46. The summed E-state index contributed by atoms with van der Waals surface area (Å²) in [6, 6.07) is 0. The standard InChI is InChI=1S/C51H96O6/c1-4-7-10-13-16-19-22-25-27-29-32-35-38-41-44-50(53)56-47-48(46-55-49(52)43-40-37-34-31-28-24-21-18-15-12-9-6-3)57-51(54)45-42-39-36-33-30-26-23-20-17-14-11-8-5-2/h22,25,48H,4-21,23-24,26-47H2,1-3H3/b25-22-. The first-order chi connectivity index (χ1) is 28.0. The molecule has 336 valence electrons. The third-order valence-corrected chi connectivity index (χ3v) is 11.3. The van der Waals surface area contributed by atoms with Gasteiger partial charge in [-0.25, -0.2) is 0 Å². The summed E-state index contributed by atoms with van der Waals surface area (Å²) in [7, 11) is 0. The Labute approximate surface area is 354 Å². The van der Waals surface area contributed by atoms with Gasteiger partial charge in [0.2, 0.25) is 0 Å². The van der Waals surface area contributed by atoms with Crippen molar-refractivity contribution in [3.8, 4) is 0 Å². The van der Waals surface area contributed by atoms with Crippen LogP contribution in [-0.2, 0) is 28.6 Å². The van der Waals surface area contributed by atoms with Crippen molar-refractivity contribution in [2.24, 2.45) is 0 Å². The van der Waals surface area contributed by atoms with Gasteiger partial charge in [-0.15, -0.1) is 0 Å². The van der Waals surface area contributed by atoms with Gasteiger partial charge in [0.05, 0.1) is 0 Å². The fourth-order valence-electron chi connectivity index (χ4n) is 7.44. The quantitative estimate of drug-likeness (QED) is 0.0264. The Morgan fingerprint density at radius 2 is 0.579 bits per heavy atom. The van der Waals surface area contributed by atoms with Gasteiger partial charge >= 0.3 is 17.9 Å². The minimum Gasteiger partial charge on any atom is -0.462 e. The molecule has 0 fully saturated rings. The second-order valence-electron chi connectivity index (χ2n) is 17.1. The maximum atomic E-state index is 12.8. The average molecular weight is 805 g/mol. The van der Waals surface area contributed by atoms with Crippen LogP contribution < -0.4 is 0 Å². The summed E-state index contributed by atoms with van der Waals surface area (Å²) in [4.78, 5) is 37.9. The first-order valence-electron chi connectivity index (χ1n) is 25.2. The molecule has 1 atom stereocenters. The van der Waals surface area contributed by atoms with Gasteiger partial charge in [-0.2, -0.15) is 0 Å². The number of carbonyl (C=O) groups is 3. The highest BCUT2D eigenvalue weighted by Crippen LogP contribution is 2.16. The summed E-state index contributed by atoms with van der Waals surface area (Å²) in [5.74, 6) is -0.862. The number of unbranched alkanes of at least 4 members (excludes halogenated alkanes) is 33. The lowest BCUT2D eigenvalue weighted by atomic mass is 10.0. The molecule has 0 rings (SSSR count). The normalized spacial score (nSPS) is 12.0. The van der Waals surface area contributed by atoms with Crippen LogP contribution in [0.1, 0.15) is 278 Å². The van der Waals surface area contributed by atoms with E-state index < -0.39 is 6.10 Å². The lowest BCUT2D eigenvalue weighted by Gasteiger charge is -2.18. The van der Waals surface area contributed by atoms with Crippen LogP contribution >= 0.6 is 0 Å². The highest BCUT2D eigenvalue weighted by molar-refractivity contribution is 5.71. The smallest absolute Gasteiger partial charge is 0.306 e. The Hall–Kier alpha value is -1.85. The molecule has 0 aromatic rings. The number of ether oxygens (including phenoxy) is 3. The van der Waals surface area contributed by atoms with Crippen molar-refractivity contribution >= 4 is 17.9 Å². The van der Waals surface area contributed by atoms with Crippen molar-refractivity contribution in [3.05, 3.63) is 12.2 Å². The molecular formula is C51H96O6. The maximum Gasteiger partial charge on any atom is 0.306 e. The fraction of sp³-hybridized carbons (Fsp3) is 0.902. The molecule has 0 aliphatic carbocycles. The summed E-state index contributed by atoms with van der Waals surface area (Å²) >= 11 is 0. The predicted octanol–water partition coefficient (Wildman–Crippen LogP) is 16.2. The van der Waals surface area contributed by atoms with Gasteiger partial charge < -0.3 is 14.2 Å². The molecule has 1 unspecified atom stereocenters. The van der Waals surface area contributed by atoms with E-state index in [9.17, 15) is 14.4 Å². The van der Waals surface area contributed by atoms with Crippen molar-refractivity contribution in [3.63, 3.8) is 0 Å². The van der Waals surface area contributed by atoms with Crippen LogP contribution in [0.5, 0.6) is 0 Å². The van der Waals surface area contributed by atoms with Crippen LogP contribution in [0.4, 0.5) is 0 Å². The molecule has 0 bridgehead atoms. The molecule has 6 nitrogen and oxygen atoms in total. The Kier molecular flexibility index (Phi) is 45.3. The summed E-state index contributed by atoms with van der Waals surface area (Å²) in [5.41, 5.74) is 0. The van der Waals surface area contributed by atoms with Crippen molar-refractivity contribution in [1.82, 2.24) is 0 Å². The van der Waals surface area contributed by atoms with Crippen LogP contribution in [0.2, 0.25) is 0 Å². The second-order valence-corrected chi connectivity index (χ2v) is 17.1. The number of hydrogen-bond acceptors (Lipinski definition) is 6. The van der Waals surface area contributed by atoms with Crippen molar-refractivity contribution < 1.29 is 28.6 Å². The first-order valence-corrected chi connectivity index (χ1v) is 25.2. The molecule has 0 aliphatic rings. The minimum absolute atomic E-state index is 0.0674. The second kappa shape index (κ2) is 46.8. The van der Waals surface area contributed by atoms with Gasteiger partial charge in [-0.05, 0) is 44.9 Å². The number of carbonyl (C=O) groups excluding carboxylic acids is 3. The van der Waals surface area contributed by atoms with Gasteiger partial charge in [0, 0.05) is 19.3 Å². The molecule has 0 N–H and O–H groups in total. The van der Waals surface area contributed by atoms with E-state index in [0.717, 1.165) is 64.2 Å². The van der Waals surface area contributed by atoms with Crippen LogP contribution in [0.3, 0.4) is 0 Å². The lowest BCUT2D eigenvalue weighted by Crippen LogP contribution is -2.30. The van der Waals surface area contributed by atoms with Crippen molar-refractivity contribution in [1.29, 1.82) is 0 Å². The minimum atomic E-state index is -0.765. The highest BCUT2D eigenvalue weighted by atomic mass is 16.6. The summed E-state index contributed by atoms with van der Waals surface area (Å²) in [6.07, 6.45) is 50.4. The van der Waals surface area contributed by atoms with Crippen LogP contribution in [-0.4, -0.2) is 37.2 Å². The SMILES string of the molecule is CCCCCCC/C=C\CCCCCCCC(=O)OCC(COC(=O)CCCCCCCCCCCCCC)OC(=O)CCCCCCCCCCCCCCC. The van der Waals surface area contributed by atoms with E-state index in [4.69, 9.17) is 14.2 Å². The Morgan fingerprint density at radius 1 is 0.333 bits per heavy atom. The summed E-state index contributed by atoms with van der Waals surface area (Å²) in [5, 5.41) is 0. The number of allylic oxidation sites excluding steroid dienone is 2. The van der Waals surface area contributed by atoms with Gasteiger partial charge in [-0.1, -0.05) is 226 Å². The van der Waals surface area contributed by atoms with Gasteiger partial charge in [0.1, 0.15) is 13.2 Å². The van der Waals surface area contributed by atoms with E-state index in [2.05, 4.69) is 32.9 Å². The first kappa shape index (κ1) is 55.2. The van der Waals surface area contributed by atoms with Crippen LogP contribution in [0.25, 0.3) is 0 Å². The van der Waals surface area contributed by atoms with Gasteiger partial charge in [0.15, 0.2) is 6.10 Å². The molecule has 57 heavy (non-hydrogen) atoms. The zero-order chi connectivity index (χ0) is 41.5. The molecule has 0 aliphatic heterocycles. The lowest BCUT2D eigenvalue weighted by molar-refractivity contribution is -0.167. The zero-order valence-corrected chi connectivity index (χ0v) is 38.4. The molecule has 6 heteroatoms. The molecule has 0 amide bonds. The van der Waals surface area contributed by atoms with Crippen LogP contribution in [0.15, 0.2) is 12.2 Å². The molecule has 0 aromatic heterocycles. The Morgan fingerprint density at radius 3 is 0.877 bits per heavy atom. The molecule has 0 saturated heterocycles. The largest absolute Gasteiger partial charge is 0.462 e. The average Bonchev–Trinajstić information content (AvgIpc) is 3.21. The summed E-state index contributed by atoms with van der Waals surface area (Å²) in [6.45, 7) is 6.64. The number of esters is 3. The topological polar surface area (TPSA) is 78.9 Å². The third kappa shape index (κ3) is 45.1. The predicted molar refractivity (Wildman–Crippen MR) is 243 cm³/mol. The monoisotopic (exact) mass is 805 g/mol. The maximum absolute atomic E-state index is 12.8. The molecule has 0 heterocycles. The molecule has 0 aromatic carbocycles. The summed E-state index contributed by atoms with van der Waals surface area (Å²) < 4.78 is 16.8. The zero-order valence-electron chi connectivity index (χ0n) is 38.4. The van der Waals surface area contributed by atoms with E-state index in [1.165, 1.54) is 173 Å². The third-order valence-electron chi connectivity index (χ3n) is 11.3. The van der Waals surface area contributed by atoms with Crippen molar-refractivity contribution in [2.45, 2.75) is 284 Å². The van der Waals surface area contributed by atoms with E-state index in [-0.39, 0.29) is 31.1 Å².